The number of pyridine rings is 1. The van der Waals surface area contributed by atoms with Crippen molar-refractivity contribution >= 4 is 15.8 Å². The van der Waals surface area contributed by atoms with Crippen LogP contribution in [0.5, 0.6) is 0 Å². The van der Waals surface area contributed by atoms with Crippen molar-refractivity contribution in [3.8, 4) is 0 Å². The van der Waals surface area contributed by atoms with Gasteiger partial charge in [0, 0.05) is 19.3 Å². The van der Waals surface area contributed by atoms with Crippen molar-refractivity contribution in [2.75, 3.05) is 25.0 Å². The lowest BCUT2D eigenvalue weighted by molar-refractivity contribution is -0.0241. The van der Waals surface area contributed by atoms with E-state index in [1.165, 1.54) is 6.20 Å². The van der Waals surface area contributed by atoms with Crippen LogP contribution in [0.15, 0.2) is 23.2 Å². The summed E-state index contributed by atoms with van der Waals surface area (Å²) in [5.41, 5.74) is 0. The van der Waals surface area contributed by atoms with Crippen molar-refractivity contribution < 1.29 is 13.2 Å². The van der Waals surface area contributed by atoms with Gasteiger partial charge in [0.25, 0.3) is 0 Å². The molecule has 2 fully saturated rings. The SMILES string of the molecule is CCNc1ccc(S(=O)(=O)N2CCOC3CCCC32)cn1. The highest BCUT2D eigenvalue weighted by Crippen LogP contribution is 2.33. The molecule has 2 unspecified atom stereocenters. The lowest BCUT2D eigenvalue weighted by Gasteiger charge is -2.36. The van der Waals surface area contributed by atoms with E-state index in [1.54, 1.807) is 16.4 Å². The zero-order valence-corrected chi connectivity index (χ0v) is 13.0. The van der Waals surface area contributed by atoms with Gasteiger partial charge in [0.2, 0.25) is 10.0 Å². The molecule has 2 aliphatic rings. The van der Waals surface area contributed by atoms with E-state index < -0.39 is 10.0 Å². The number of nitrogens with zero attached hydrogens (tertiary/aromatic N) is 2. The minimum absolute atomic E-state index is 0.0165. The summed E-state index contributed by atoms with van der Waals surface area (Å²) >= 11 is 0. The number of hydrogen-bond acceptors (Lipinski definition) is 5. The first kappa shape index (κ1) is 14.7. The van der Waals surface area contributed by atoms with E-state index in [9.17, 15) is 8.42 Å². The zero-order chi connectivity index (χ0) is 14.9. The van der Waals surface area contributed by atoms with Gasteiger partial charge in [-0.3, -0.25) is 0 Å². The maximum Gasteiger partial charge on any atom is 0.245 e. The van der Waals surface area contributed by atoms with Crippen LogP contribution in [0, 0.1) is 0 Å². The summed E-state index contributed by atoms with van der Waals surface area (Å²) in [6.07, 6.45) is 4.36. The Balaban J connectivity index is 1.85. The Bertz CT molecular complexity index is 588. The highest BCUT2D eigenvalue weighted by Gasteiger charge is 2.42. The molecule has 2 atom stereocenters. The summed E-state index contributed by atoms with van der Waals surface area (Å²) in [7, 11) is -3.48. The number of fused-ring (bicyclic) bond motifs is 1. The third-order valence-corrected chi connectivity index (χ3v) is 6.04. The maximum absolute atomic E-state index is 12.8. The first-order chi connectivity index (χ1) is 10.1. The van der Waals surface area contributed by atoms with Crippen molar-refractivity contribution in [3.05, 3.63) is 18.3 Å². The number of anilines is 1. The molecular formula is C14H21N3O3S. The minimum Gasteiger partial charge on any atom is -0.375 e. The number of morpholine rings is 1. The molecule has 1 saturated carbocycles. The average Bonchev–Trinajstić information content (AvgIpc) is 2.96. The number of ether oxygens (including phenoxy) is 1. The second-order valence-corrected chi connectivity index (χ2v) is 7.32. The van der Waals surface area contributed by atoms with E-state index in [1.807, 2.05) is 6.92 Å². The Labute approximate surface area is 125 Å². The van der Waals surface area contributed by atoms with Crippen LogP contribution in [0.2, 0.25) is 0 Å². The van der Waals surface area contributed by atoms with Gasteiger partial charge in [0.05, 0.1) is 18.8 Å². The predicted octanol–water partition coefficient (Wildman–Crippen LogP) is 1.46. The lowest BCUT2D eigenvalue weighted by atomic mass is 10.2. The molecule has 1 aromatic rings. The molecule has 1 aromatic heterocycles. The summed E-state index contributed by atoms with van der Waals surface area (Å²) in [6, 6.07) is 3.32. The molecule has 0 amide bonds. The van der Waals surface area contributed by atoms with Crippen LogP contribution in [0.1, 0.15) is 26.2 Å². The minimum atomic E-state index is -3.48. The van der Waals surface area contributed by atoms with Crippen LogP contribution in [0.3, 0.4) is 0 Å². The molecule has 2 heterocycles. The second kappa shape index (κ2) is 5.90. The molecule has 1 saturated heterocycles. The van der Waals surface area contributed by atoms with Gasteiger partial charge >= 0.3 is 0 Å². The monoisotopic (exact) mass is 311 g/mol. The largest absolute Gasteiger partial charge is 0.375 e. The zero-order valence-electron chi connectivity index (χ0n) is 12.2. The summed E-state index contributed by atoms with van der Waals surface area (Å²) < 4.78 is 32.9. The summed E-state index contributed by atoms with van der Waals surface area (Å²) in [5.74, 6) is 0.692. The first-order valence-corrected chi connectivity index (χ1v) is 8.90. The Kier molecular flexibility index (Phi) is 4.14. The number of hydrogen-bond donors (Lipinski definition) is 1. The van der Waals surface area contributed by atoms with Crippen molar-refractivity contribution in [2.24, 2.45) is 0 Å². The van der Waals surface area contributed by atoms with Crippen LogP contribution < -0.4 is 5.32 Å². The van der Waals surface area contributed by atoms with Crippen LogP contribution in [-0.4, -0.2) is 49.5 Å². The molecule has 3 rings (SSSR count). The van der Waals surface area contributed by atoms with Crippen molar-refractivity contribution in [2.45, 2.75) is 43.2 Å². The van der Waals surface area contributed by atoms with Gasteiger partial charge in [-0.2, -0.15) is 4.31 Å². The fraction of sp³-hybridized carbons (Fsp3) is 0.643. The fourth-order valence-electron chi connectivity index (χ4n) is 3.14. The van der Waals surface area contributed by atoms with Gasteiger partial charge in [-0.1, -0.05) is 0 Å². The molecular weight excluding hydrogens is 290 g/mol. The molecule has 0 bridgehead atoms. The quantitative estimate of drug-likeness (QED) is 0.911. The second-order valence-electron chi connectivity index (χ2n) is 5.43. The van der Waals surface area contributed by atoms with E-state index in [2.05, 4.69) is 10.3 Å². The molecule has 1 aliphatic carbocycles. The molecule has 1 aliphatic heterocycles. The summed E-state index contributed by atoms with van der Waals surface area (Å²) in [4.78, 5) is 4.43. The van der Waals surface area contributed by atoms with Gasteiger partial charge in [-0.25, -0.2) is 13.4 Å². The topological polar surface area (TPSA) is 71.5 Å². The molecule has 0 aromatic carbocycles. The number of aromatic nitrogens is 1. The highest BCUT2D eigenvalue weighted by molar-refractivity contribution is 7.89. The number of sulfonamides is 1. The molecule has 7 heteroatoms. The van der Waals surface area contributed by atoms with Gasteiger partial charge in [-0.15, -0.1) is 0 Å². The third-order valence-electron chi connectivity index (χ3n) is 4.13. The van der Waals surface area contributed by atoms with Crippen LogP contribution in [0.4, 0.5) is 5.82 Å². The molecule has 0 radical (unpaired) electrons. The molecule has 6 nitrogen and oxygen atoms in total. The molecule has 116 valence electrons. The Morgan fingerprint density at radius 2 is 2.29 bits per heavy atom. The van der Waals surface area contributed by atoms with Crippen LogP contribution in [0.25, 0.3) is 0 Å². The van der Waals surface area contributed by atoms with E-state index in [-0.39, 0.29) is 17.0 Å². The Hall–Kier alpha value is -1.18. The van der Waals surface area contributed by atoms with Gasteiger partial charge in [0.1, 0.15) is 10.7 Å². The lowest BCUT2D eigenvalue weighted by Crippen LogP contribution is -2.51. The fourth-order valence-corrected chi connectivity index (χ4v) is 4.75. The van der Waals surface area contributed by atoms with E-state index in [0.717, 1.165) is 25.8 Å². The summed E-state index contributed by atoms with van der Waals surface area (Å²) in [6.45, 7) is 3.63. The van der Waals surface area contributed by atoms with Gasteiger partial charge in [-0.05, 0) is 38.3 Å². The van der Waals surface area contributed by atoms with E-state index in [4.69, 9.17) is 4.74 Å². The predicted molar refractivity (Wildman–Crippen MR) is 79.7 cm³/mol. The van der Waals surface area contributed by atoms with Gasteiger partial charge < -0.3 is 10.1 Å². The Morgan fingerprint density at radius 3 is 3.00 bits per heavy atom. The highest BCUT2D eigenvalue weighted by atomic mass is 32.2. The first-order valence-electron chi connectivity index (χ1n) is 7.46. The average molecular weight is 311 g/mol. The maximum atomic E-state index is 12.8. The van der Waals surface area contributed by atoms with Crippen molar-refractivity contribution in [3.63, 3.8) is 0 Å². The normalized spacial score (nSPS) is 26.5. The smallest absolute Gasteiger partial charge is 0.245 e. The third kappa shape index (κ3) is 2.77. The van der Waals surface area contributed by atoms with E-state index >= 15 is 0 Å². The molecule has 21 heavy (non-hydrogen) atoms. The standard InChI is InChI=1S/C14H21N3O3S/c1-2-15-14-7-6-11(10-16-14)21(18,19)17-8-9-20-13-5-3-4-12(13)17/h6-7,10,12-13H,2-5,8-9H2,1H3,(H,15,16). The van der Waals surface area contributed by atoms with Crippen molar-refractivity contribution in [1.82, 2.24) is 9.29 Å². The van der Waals surface area contributed by atoms with Gasteiger partial charge in [0.15, 0.2) is 0 Å². The number of rotatable bonds is 4. The van der Waals surface area contributed by atoms with Crippen LogP contribution >= 0.6 is 0 Å². The van der Waals surface area contributed by atoms with Crippen LogP contribution in [-0.2, 0) is 14.8 Å². The summed E-state index contributed by atoms with van der Waals surface area (Å²) in [5, 5.41) is 3.06. The Morgan fingerprint density at radius 1 is 1.43 bits per heavy atom. The molecule has 0 spiro atoms. The molecule has 1 N–H and O–H groups in total. The van der Waals surface area contributed by atoms with E-state index in [0.29, 0.717) is 19.0 Å². The number of nitrogens with one attached hydrogen (secondary N) is 1. The van der Waals surface area contributed by atoms with Crippen molar-refractivity contribution in [1.29, 1.82) is 0 Å².